The molecule has 2 amide bonds. The van der Waals surface area contributed by atoms with Crippen molar-refractivity contribution in [2.75, 3.05) is 7.05 Å². The molecule has 0 aliphatic rings. The van der Waals surface area contributed by atoms with Crippen molar-refractivity contribution < 1.29 is 18.4 Å². The molecular weight excluding hydrogens is 326 g/mol. The van der Waals surface area contributed by atoms with Crippen LogP contribution in [0, 0.1) is 11.6 Å². The second-order valence-corrected chi connectivity index (χ2v) is 5.11. The first-order valence-corrected chi connectivity index (χ1v) is 7.04. The third-order valence-electron chi connectivity index (χ3n) is 3.15. The summed E-state index contributed by atoms with van der Waals surface area (Å²) in [6.45, 7) is 0.155. The highest BCUT2D eigenvalue weighted by Crippen LogP contribution is 2.20. The third-order valence-corrected chi connectivity index (χ3v) is 3.46. The van der Waals surface area contributed by atoms with Crippen LogP contribution in [0.25, 0.3) is 0 Å². The Labute approximate surface area is 136 Å². The second kappa shape index (κ2) is 7.19. The maximum Gasteiger partial charge on any atom is 0.253 e. The van der Waals surface area contributed by atoms with Gasteiger partial charge in [-0.1, -0.05) is 23.7 Å². The largest absolute Gasteiger partial charge is 0.355 e. The van der Waals surface area contributed by atoms with Crippen LogP contribution >= 0.6 is 11.6 Å². The van der Waals surface area contributed by atoms with E-state index in [-0.39, 0.29) is 23.0 Å². The lowest BCUT2D eigenvalue weighted by Crippen LogP contribution is -2.23. The summed E-state index contributed by atoms with van der Waals surface area (Å²) in [5, 5.41) is 4.88. The molecule has 0 spiro atoms. The Hall–Kier alpha value is -2.47. The molecule has 120 valence electrons. The van der Waals surface area contributed by atoms with Crippen LogP contribution in [0.15, 0.2) is 36.4 Å². The maximum atomic E-state index is 13.2. The minimum Gasteiger partial charge on any atom is -0.355 e. The first-order valence-electron chi connectivity index (χ1n) is 6.66. The van der Waals surface area contributed by atoms with Gasteiger partial charge in [0.1, 0.15) is 0 Å². The Kier molecular flexibility index (Phi) is 5.28. The monoisotopic (exact) mass is 338 g/mol. The van der Waals surface area contributed by atoms with Crippen LogP contribution in [0.1, 0.15) is 26.3 Å². The van der Waals surface area contributed by atoms with E-state index in [1.165, 1.54) is 7.05 Å². The van der Waals surface area contributed by atoms with Crippen LogP contribution in [0.4, 0.5) is 8.78 Å². The minimum absolute atomic E-state index is 0.146. The van der Waals surface area contributed by atoms with Crippen molar-refractivity contribution in [2.45, 2.75) is 6.54 Å². The summed E-state index contributed by atoms with van der Waals surface area (Å²) in [5.41, 5.74) is 1.09. The lowest BCUT2D eigenvalue weighted by molar-refractivity contribution is 0.0945. The summed E-state index contributed by atoms with van der Waals surface area (Å²) in [5.74, 6) is -3.09. The molecule has 0 aromatic heterocycles. The van der Waals surface area contributed by atoms with Crippen molar-refractivity contribution in [3.05, 3.63) is 69.7 Å². The quantitative estimate of drug-likeness (QED) is 0.842. The Bertz CT molecular complexity index is 748. The van der Waals surface area contributed by atoms with E-state index in [4.69, 9.17) is 11.6 Å². The number of hydrogen-bond donors (Lipinski definition) is 2. The molecule has 2 N–H and O–H groups in total. The van der Waals surface area contributed by atoms with Crippen LogP contribution < -0.4 is 10.6 Å². The second-order valence-electron chi connectivity index (χ2n) is 4.70. The topological polar surface area (TPSA) is 58.2 Å². The van der Waals surface area contributed by atoms with Gasteiger partial charge < -0.3 is 10.6 Å². The van der Waals surface area contributed by atoms with E-state index in [1.807, 2.05) is 0 Å². The van der Waals surface area contributed by atoms with Gasteiger partial charge in [0.2, 0.25) is 0 Å². The average Bonchev–Trinajstić information content (AvgIpc) is 2.55. The van der Waals surface area contributed by atoms with Gasteiger partial charge >= 0.3 is 0 Å². The van der Waals surface area contributed by atoms with Crippen LogP contribution in [0.2, 0.25) is 5.02 Å². The van der Waals surface area contributed by atoms with E-state index in [0.29, 0.717) is 5.56 Å². The normalized spacial score (nSPS) is 10.3. The maximum absolute atomic E-state index is 13.2. The molecule has 7 heteroatoms. The standard InChI is InChI=1S/C16H13ClF2N2O2/c1-20-15(22)10-4-2-9(3-5-10)8-21-16(23)11-6-13(18)14(19)7-12(11)17/h2-7H,8H2,1H3,(H,20,22)(H,21,23). The van der Waals surface area contributed by atoms with Crippen molar-refractivity contribution in [3.63, 3.8) is 0 Å². The summed E-state index contributed by atoms with van der Waals surface area (Å²) < 4.78 is 26.2. The molecule has 0 saturated carbocycles. The molecule has 0 bridgehead atoms. The molecule has 2 aromatic rings. The van der Waals surface area contributed by atoms with Gasteiger partial charge in [-0.25, -0.2) is 8.78 Å². The number of carbonyl (C=O) groups is 2. The zero-order valence-electron chi connectivity index (χ0n) is 12.1. The average molecular weight is 339 g/mol. The molecule has 2 aromatic carbocycles. The van der Waals surface area contributed by atoms with E-state index in [9.17, 15) is 18.4 Å². The van der Waals surface area contributed by atoms with Gasteiger partial charge in [-0.05, 0) is 29.8 Å². The molecule has 0 fully saturated rings. The minimum atomic E-state index is -1.14. The van der Waals surface area contributed by atoms with E-state index >= 15 is 0 Å². The highest BCUT2D eigenvalue weighted by atomic mass is 35.5. The molecule has 0 radical (unpaired) electrons. The Morgan fingerprint density at radius 2 is 1.65 bits per heavy atom. The van der Waals surface area contributed by atoms with Crippen LogP contribution in [0.3, 0.4) is 0 Å². The smallest absolute Gasteiger partial charge is 0.253 e. The van der Waals surface area contributed by atoms with Crippen molar-refractivity contribution in [3.8, 4) is 0 Å². The number of benzene rings is 2. The number of nitrogens with one attached hydrogen (secondary N) is 2. The van der Waals surface area contributed by atoms with Crippen molar-refractivity contribution in [2.24, 2.45) is 0 Å². The van der Waals surface area contributed by atoms with E-state index in [0.717, 1.165) is 17.7 Å². The molecule has 4 nitrogen and oxygen atoms in total. The Morgan fingerprint density at radius 1 is 1.04 bits per heavy atom. The molecule has 0 atom stereocenters. The molecule has 2 rings (SSSR count). The first kappa shape index (κ1) is 16.9. The number of amides is 2. The SMILES string of the molecule is CNC(=O)c1ccc(CNC(=O)c2cc(F)c(F)cc2Cl)cc1. The number of rotatable bonds is 4. The summed E-state index contributed by atoms with van der Waals surface area (Å²) in [6, 6.07) is 8.09. The van der Waals surface area contributed by atoms with E-state index in [1.54, 1.807) is 24.3 Å². The predicted octanol–water partition coefficient (Wildman–Crippen LogP) is 2.91. The van der Waals surface area contributed by atoms with Crippen molar-refractivity contribution in [1.29, 1.82) is 0 Å². The van der Waals surface area contributed by atoms with Gasteiger partial charge in [-0.3, -0.25) is 9.59 Å². The van der Waals surface area contributed by atoms with Crippen LogP contribution in [-0.2, 0) is 6.54 Å². The van der Waals surface area contributed by atoms with Crippen molar-refractivity contribution >= 4 is 23.4 Å². The summed E-state index contributed by atoms with van der Waals surface area (Å²) in [7, 11) is 1.53. The zero-order chi connectivity index (χ0) is 17.0. The fourth-order valence-electron chi connectivity index (χ4n) is 1.89. The molecule has 0 aliphatic heterocycles. The lowest BCUT2D eigenvalue weighted by atomic mass is 10.1. The third kappa shape index (κ3) is 4.04. The van der Waals surface area contributed by atoms with Gasteiger partial charge in [-0.2, -0.15) is 0 Å². The van der Waals surface area contributed by atoms with Gasteiger partial charge in [0.05, 0.1) is 10.6 Å². The highest BCUT2D eigenvalue weighted by Gasteiger charge is 2.14. The molecule has 0 saturated heterocycles. The van der Waals surface area contributed by atoms with E-state index < -0.39 is 17.5 Å². The lowest BCUT2D eigenvalue weighted by Gasteiger charge is -2.08. The molecule has 23 heavy (non-hydrogen) atoms. The van der Waals surface area contributed by atoms with Gasteiger partial charge in [0.25, 0.3) is 11.8 Å². The van der Waals surface area contributed by atoms with Gasteiger partial charge in [-0.15, -0.1) is 0 Å². The first-order chi connectivity index (χ1) is 10.9. The fraction of sp³-hybridized carbons (Fsp3) is 0.125. The molecule has 0 heterocycles. The van der Waals surface area contributed by atoms with Gasteiger partial charge in [0, 0.05) is 19.2 Å². The van der Waals surface area contributed by atoms with Crippen molar-refractivity contribution in [1.82, 2.24) is 10.6 Å². The predicted molar refractivity (Wildman–Crippen MR) is 82.4 cm³/mol. The molecular formula is C16H13ClF2N2O2. The summed E-state index contributed by atoms with van der Waals surface area (Å²) in [4.78, 5) is 23.4. The number of carbonyl (C=O) groups excluding carboxylic acids is 2. The number of halogens is 3. The van der Waals surface area contributed by atoms with Gasteiger partial charge in [0.15, 0.2) is 11.6 Å². The Balaban J connectivity index is 2.05. The van der Waals surface area contributed by atoms with Crippen LogP contribution in [-0.4, -0.2) is 18.9 Å². The molecule has 0 unspecified atom stereocenters. The number of hydrogen-bond acceptors (Lipinski definition) is 2. The molecule has 0 aliphatic carbocycles. The van der Waals surface area contributed by atoms with Crippen LogP contribution in [0.5, 0.6) is 0 Å². The van der Waals surface area contributed by atoms with E-state index in [2.05, 4.69) is 10.6 Å². The Morgan fingerprint density at radius 3 is 2.26 bits per heavy atom. The zero-order valence-corrected chi connectivity index (χ0v) is 12.9. The fourth-order valence-corrected chi connectivity index (χ4v) is 2.13. The summed E-state index contributed by atoms with van der Waals surface area (Å²) in [6.07, 6.45) is 0. The summed E-state index contributed by atoms with van der Waals surface area (Å²) >= 11 is 5.74. The highest BCUT2D eigenvalue weighted by molar-refractivity contribution is 6.33.